The number of nitrogens with zero attached hydrogens (tertiary/aromatic N) is 1. The van der Waals surface area contributed by atoms with Gasteiger partial charge in [-0.05, 0) is 26.8 Å². The quantitative estimate of drug-likeness (QED) is 0.742. The Morgan fingerprint density at radius 1 is 1.47 bits per heavy atom. The van der Waals surface area contributed by atoms with Gasteiger partial charge in [-0.2, -0.15) is 5.10 Å². The molecular weight excluding hydrogens is 244 g/mol. The Labute approximate surface area is 113 Å². The number of aromatic amines is 1. The Bertz CT molecular complexity index is 444. The molecule has 0 spiro atoms. The van der Waals surface area contributed by atoms with E-state index < -0.39 is 0 Å². The van der Waals surface area contributed by atoms with E-state index in [1.165, 1.54) is 0 Å². The highest BCUT2D eigenvalue weighted by Gasteiger charge is 2.34. The zero-order valence-corrected chi connectivity index (χ0v) is 11.7. The van der Waals surface area contributed by atoms with E-state index in [4.69, 9.17) is 4.74 Å². The molecule has 6 heteroatoms. The minimum atomic E-state index is -0.150. The summed E-state index contributed by atoms with van der Waals surface area (Å²) in [5, 5.41) is 13.2. The number of hydrogen-bond acceptors (Lipinski definition) is 4. The SMILES string of the molecule is CCCNC1COCC1C(=O)Nc1n[nH]c(C)c1C. The maximum absolute atomic E-state index is 12.3. The molecule has 0 aliphatic carbocycles. The third kappa shape index (κ3) is 3.13. The predicted octanol–water partition coefficient (Wildman–Crippen LogP) is 0.980. The number of carbonyl (C=O) groups excluding carboxylic acids is 1. The topological polar surface area (TPSA) is 79.0 Å². The van der Waals surface area contributed by atoms with Crippen LogP contribution in [-0.2, 0) is 9.53 Å². The summed E-state index contributed by atoms with van der Waals surface area (Å²) in [5.41, 5.74) is 1.95. The molecule has 0 aromatic carbocycles. The Morgan fingerprint density at radius 3 is 2.89 bits per heavy atom. The Balaban J connectivity index is 1.97. The van der Waals surface area contributed by atoms with E-state index >= 15 is 0 Å². The lowest BCUT2D eigenvalue weighted by atomic mass is 10.0. The lowest BCUT2D eigenvalue weighted by Gasteiger charge is -2.17. The summed E-state index contributed by atoms with van der Waals surface area (Å²) >= 11 is 0. The van der Waals surface area contributed by atoms with Gasteiger partial charge in [-0.3, -0.25) is 9.89 Å². The lowest BCUT2D eigenvalue weighted by molar-refractivity contribution is -0.120. The van der Waals surface area contributed by atoms with Crippen LogP contribution in [0.3, 0.4) is 0 Å². The van der Waals surface area contributed by atoms with Crippen LogP contribution in [0.25, 0.3) is 0 Å². The molecule has 6 nitrogen and oxygen atoms in total. The van der Waals surface area contributed by atoms with E-state index in [2.05, 4.69) is 27.8 Å². The second-order valence-electron chi connectivity index (χ2n) is 5.02. The zero-order chi connectivity index (χ0) is 13.8. The van der Waals surface area contributed by atoms with E-state index in [9.17, 15) is 4.79 Å². The molecule has 106 valence electrons. The number of hydrogen-bond donors (Lipinski definition) is 3. The van der Waals surface area contributed by atoms with Gasteiger partial charge in [0.15, 0.2) is 5.82 Å². The fourth-order valence-electron chi connectivity index (χ4n) is 2.16. The number of nitrogens with one attached hydrogen (secondary N) is 3. The molecule has 1 fully saturated rings. The van der Waals surface area contributed by atoms with Crippen LogP contribution in [0.15, 0.2) is 0 Å². The van der Waals surface area contributed by atoms with Gasteiger partial charge in [-0.25, -0.2) is 0 Å². The molecule has 1 aromatic heterocycles. The van der Waals surface area contributed by atoms with Crippen LogP contribution in [0, 0.1) is 19.8 Å². The molecule has 1 aliphatic rings. The number of rotatable bonds is 5. The second kappa shape index (κ2) is 6.16. The molecule has 3 N–H and O–H groups in total. The first-order chi connectivity index (χ1) is 9.13. The zero-order valence-electron chi connectivity index (χ0n) is 11.7. The summed E-state index contributed by atoms with van der Waals surface area (Å²) in [6, 6.07) is 0.0975. The van der Waals surface area contributed by atoms with Crippen LogP contribution in [0.2, 0.25) is 0 Å². The number of carbonyl (C=O) groups is 1. The fraction of sp³-hybridized carbons (Fsp3) is 0.692. The van der Waals surface area contributed by atoms with E-state index in [0.29, 0.717) is 19.0 Å². The van der Waals surface area contributed by atoms with Crippen molar-refractivity contribution >= 4 is 11.7 Å². The molecule has 19 heavy (non-hydrogen) atoms. The molecule has 0 saturated carbocycles. The molecule has 1 aliphatic heterocycles. The van der Waals surface area contributed by atoms with Crippen molar-refractivity contribution in [1.82, 2.24) is 15.5 Å². The number of aromatic nitrogens is 2. The highest BCUT2D eigenvalue weighted by Crippen LogP contribution is 2.19. The first-order valence-corrected chi connectivity index (χ1v) is 6.77. The van der Waals surface area contributed by atoms with Gasteiger partial charge in [0.2, 0.25) is 5.91 Å². The van der Waals surface area contributed by atoms with Crippen molar-refractivity contribution < 1.29 is 9.53 Å². The average Bonchev–Trinajstić information content (AvgIpc) is 2.98. The van der Waals surface area contributed by atoms with Crippen LogP contribution >= 0.6 is 0 Å². The normalized spacial score (nSPS) is 22.7. The highest BCUT2D eigenvalue weighted by molar-refractivity contribution is 5.93. The Morgan fingerprint density at radius 2 is 2.26 bits per heavy atom. The van der Waals surface area contributed by atoms with Crippen molar-refractivity contribution in [3.05, 3.63) is 11.3 Å². The average molecular weight is 266 g/mol. The molecule has 2 atom stereocenters. The van der Waals surface area contributed by atoms with Gasteiger partial charge in [0, 0.05) is 17.3 Å². The summed E-state index contributed by atoms with van der Waals surface area (Å²) in [6.45, 7) is 7.94. The highest BCUT2D eigenvalue weighted by atomic mass is 16.5. The van der Waals surface area contributed by atoms with Crippen molar-refractivity contribution in [2.24, 2.45) is 5.92 Å². The Hall–Kier alpha value is -1.40. The number of ether oxygens (including phenoxy) is 1. The number of aryl methyl sites for hydroxylation is 1. The number of amides is 1. The number of H-pyrrole nitrogens is 1. The van der Waals surface area contributed by atoms with E-state index in [-0.39, 0.29) is 17.9 Å². The minimum absolute atomic E-state index is 0.0271. The molecule has 2 rings (SSSR count). The minimum Gasteiger partial charge on any atom is -0.379 e. The van der Waals surface area contributed by atoms with Gasteiger partial charge >= 0.3 is 0 Å². The van der Waals surface area contributed by atoms with Crippen LogP contribution in [0.5, 0.6) is 0 Å². The summed E-state index contributed by atoms with van der Waals surface area (Å²) < 4.78 is 5.41. The lowest BCUT2D eigenvalue weighted by Crippen LogP contribution is -2.41. The third-order valence-corrected chi connectivity index (χ3v) is 3.57. The molecule has 0 bridgehead atoms. The van der Waals surface area contributed by atoms with Crippen molar-refractivity contribution in [2.75, 3.05) is 25.1 Å². The van der Waals surface area contributed by atoms with E-state index in [0.717, 1.165) is 24.2 Å². The molecule has 0 radical (unpaired) electrons. The van der Waals surface area contributed by atoms with Crippen molar-refractivity contribution in [1.29, 1.82) is 0 Å². The smallest absolute Gasteiger partial charge is 0.232 e. The number of anilines is 1. The van der Waals surface area contributed by atoms with Gasteiger partial charge in [-0.15, -0.1) is 0 Å². The first kappa shape index (κ1) is 14.0. The Kier molecular flexibility index (Phi) is 4.55. The van der Waals surface area contributed by atoms with E-state index in [1.807, 2.05) is 13.8 Å². The van der Waals surface area contributed by atoms with Crippen molar-refractivity contribution in [3.63, 3.8) is 0 Å². The second-order valence-corrected chi connectivity index (χ2v) is 5.02. The maximum Gasteiger partial charge on any atom is 0.232 e. The maximum atomic E-state index is 12.3. The van der Waals surface area contributed by atoms with Crippen LogP contribution in [0.1, 0.15) is 24.6 Å². The molecule has 1 saturated heterocycles. The molecule has 1 aromatic rings. The van der Waals surface area contributed by atoms with Gasteiger partial charge in [0.25, 0.3) is 0 Å². The predicted molar refractivity (Wildman–Crippen MR) is 73.1 cm³/mol. The monoisotopic (exact) mass is 266 g/mol. The summed E-state index contributed by atoms with van der Waals surface area (Å²) in [5.74, 6) is 0.437. The van der Waals surface area contributed by atoms with Crippen molar-refractivity contribution in [3.8, 4) is 0 Å². The van der Waals surface area contributed by atoms with Gasteiger partial charge < -0.3 is 15.4 Å². The first-order valence-electron chi connectivity index (χ1n) is 6.77. The summed E-state index contributed by atoms with van der Waals surface area (Å²) in [4.78, 5) is 12.3. The van der Waals surface area contributed by atoms with Gasteiger partial charge in [-0.1, -0.05) is 6.92 Å². The van der Waals surface area contributed by atoms with Crippen molar-refractivity contribution in [2.45, 2.75) is 33.2 Å². The third-order valence-electron chi connectivity index (χ3n) is 3.57. The fourth-order valence-corrected chi connectivity index (χ4v) is 2.16. The largest absolute Gasteiger partial charge is 0.379 e. The van der Waals surface area contributed by atoms with E-state index in [1.54, 1.807) is 0 Å². The van der Waals surface area contributed by atoms with Crippen LogP contribution in [-0.4, -0.2) is 41.9 Å². The van der Waals surface area contributed by atoms with Crippen LogP contribution in [0.4, 0.5) is 5.82 Å². The molecule has 2 heterocycles. The molecule has 2 unspecified atom stereocenters. The summed E-state index contributed by atoms with van der Waals surface area (Å²) in [6.07, 6.45) is 1.04. The standard InChI is InChI=1S/C13H22N4O2/c1-4-5-14-11-7-19-6-10(11)13(18)15-12-8(2)9(3)16-17-12/h10-11,14H,4-7H2,1-3H3,(H2,15,16,17,18). The van der Waals surface area contributed by atoms with Crippen LogP contribution < -0.4 is 10.6 Å². The molecule has 1 amide bonds. The molecular formula is C13H22N4O2. The van der Waals surface area contributed by atoms with Gasteiger partial charge in [0.05, 0.1) is 19.1 Å². The summed E-state index contributed by atoms with van der Waals surface area (Å²) in [7, 11) is 0. The van der Waals surface area contributed by atoms with Gasteiger partial charge in [0.1, 0.15) is 0 Å².